The van der Waals surface area contributed by atoms with Crippen LogP contribution in [0.3, 0.4) is 0 Å². The largest absolute Gasteiger partial charge is 0.481 e. The van der Waals surface area contributed by atoms with E-state index in [4.69, 9.17) is 10.8 Å². The maximum atomic E-state index is 11.8. The lowest BCUT2D eigenvalue weighted by Crippen LogP contribution is -2.39. The van der Waals surface area contributed by atoms with Crippen molar-refractivity contribution in [1.29, 1.82) is 0 Å². The number of carboxylic acids is 1. The van der Waals surface area contributed by atoms with Gasteiger partial charge in [0.15, 0.2) is 0 Å². The number of nitrogens with two attached hydrogens (primary N) is 1. The van der Waals surface area contributed by atoms with Crippen LogP contribution in [0.1, 0.15) is 12.8 Å². The smallest absolute Gasteiger partial charge is 0.390 e. The Bertz CT molecular complexity index is 242. The molecule has 0 aliphatic rings. The van der Waals surface area contributed by atoms with E-state index in [0.29, 0.717) is 4.90 Å². The molecule has 0 saturated carbocycles. The van der Waals surface area contributed by atoms with Crippen molar-refractivity contribution in [1.82, 2.24) is 4.90 Å². The summed E-state index contributed by atoms with van der Waals surface area (Å²) in [6, 6.07) is -1.06. The van der Waals surface area contributed by atoms with Crippen LogP contribution >= 0.6 is 0 Å². The molecule has 0 aliphatic heterocycles. The van der Waals surface area contributed by atoms with Gasteiger partial charge in [0.2, 0.25) is 0 Å². The van der Waals surface area contributed by atoms with E-state index in [1.165, 1.54) is 0 Å². The zero-order chi connectivity index (χ0) is 12.1. The first-order valence-corrected chi connectivity index (χ1v) is 4.05. The van der Waals surface area contributed by atoms with Crippen LogP contribution in [-0.2, 0) is 4.79 Å². The van der Waals surface area contributed by atoms with Crippen LogP contribution in [0.5, 0.6) is 0 Å². The number of amides is 2. The van der Waals surface area contributed by atoms with E-state index in [1.54, 1.807) is 0 Å². The Hall–Kier alpha value is -1.47. The fourth-order valence-corrected chi connectivity index (χ4v) is 0.825. The van der Waals surface area contributed by atoms with Gasteiger partial charge in [0, 0.05) is 13.1 Å². The number of halogens is 3. The molecule has 88 valence electrons. The zero-order valence-corrected chi connectivity index (χ0v) is 7.75. The van der Waals surface area contributed by atoms with Crippen molar-refractivity contribution in [2.75, 3.05) is 13.1 Å². The van der Waals surface area contributed by atoms with Crippen molar-refractivity contribution in [3.8, 4) is 0 Å². The number of carboxylic acid groups (broad SMARTS) is 1. The molecule has 0 fully saturated rings. The summed E-state index contributed by atoms with van der Waals surface area (Å²) in [4.78, 5) is 21.4. The first-order chi connectivity index (χ1) is 6.72. The highest BCUT2D eigenvalue weighted by Gasteiger charge is 2.28. The van der Waals surface area contributed by atoms with E-state index in [2.05, 4.69) is 0 Å². The average molecular weight is 228 g/mol. The first-order valence-electron chi connectivity index (χ1n) is 4.05. The predicted octanol–water partition coefficient (Wildman–Crippen LogP) is 0.794. The number of hydrogen-bond donors (Lipinski definition) is 2. The molecule has 2 amide bonds. The molecule has 0 radical (unpaired) electrons. The van der Waals surface area contributed by atoms with Crippen molar-refractivity contribution in [2.24, 2.45) is 5.73 Å². The van der Waals surface area contributed by atoms with Crippen LogP contribution in [0.15, 0.2) is 0 Å². The summed E-state index contributed by atoms with van der Waals surface area (Å²) in [5, 5.41) is 8.27. The summed E-state index contributed by atoms with van der Waals surface area (Å²) >= 11 is 0. The van der Waals surface area contributed by atoms with Crippen LogP contribution in [-0.4, -0.2) is 41.3 Å². The van der Waals surface area contributed by atoms with Gasteiger partial charge in [-0.25, -0.2) is 4.79 Å². The topological polar surface area (TPSA) is 83.6 Å². The summed E-state index contributed by atoms with van der Waals surface area (Å²) < 4.78 is 35.3. The normalized spacial score (nSPS) is 11.1. The Kier molecular flexibility index (Phi) is 4.89. The van der Waals surface area contributed by atoms with Crippen LogP contribution in [0, 0.1) is 0 Å². The Morgan fingerprint density at radius 2 is 1.80 bits per heavy atom. The Morgan fingerprint density at radius 3 is 2.13 bits per heavy atom. The van der Waals surface area contributed by atoms with Gasteiger partial charge in [0.25, 0.3) is 0 Å². The maximum Gasteiger partial charge on any atom is 0.390 e. The molecule has 0 aliphatic carbocycles. The molecule has 0 saturated heterocycles. The van der Waals surface area contributed by atoms with Crippen molar-refractivity contribution < 1.29 is 27.9 Å². The van der Waals surface area contributed by atoms with Gasteiger partial charge in [-0.15, -0.1) is 0 Å². The number of hydrogen-bond acceptors (Lipinski definition) is 2. The van der Waals surface area contributed by atoms with E-state index in [1.807, 2.05) is 0 Å². The zero-order valence-electron chi connectivity index (χ0n) is 7.75. The summed E-state index contributed by atoms with van der Waals surface area (Å²) in [5.41, 5.74) is 4.78. The lowest BCUT2D eigenvalue weighted by atomic mass is 10.3. The molecular formula is C7H11F3N2O3. The minimum Gasteiger partial charge on any atom is -0.481 e. The maximum absolute atomic E-state index is 11.8. The van der Waals surface area contributed by atoms with Gasteiger partial charge in [-0.3, -0.25) is 4.79 Å². The van der Waals surface area contributed by atoms with Gasteiger partial charge >= 0.3 is 18.2 Å². The average Bonchev–Trinajstić information content (AvgIpc) is 2.00. The molecule has 0 spiro atoms. The monoisotopic (exact) mass is 228 g/mol. The summed E-state index contributed by atoms with van der Waals surface area (Å²) in [5.74, 6) is -1.20. The molecule has 0 aromatic rings. The van der Waals surface area contributed by atoms with Crippen molar-refractivity contribution >= 4 is 12.0 Å². The second-order valence-corrected chi connectivity index (χ2v) is 2.83. The summed E-state index contributed by atoms with van der Waals surface area (Å²) in [6.07, 6.45) is -6.02. The third-order valence-corrected chi connectivity index (χ3v) is 1.57. The second kappa shape index (κ2) is 5.42. The minimum atomic E-state index is -4.39. The van der Waals surface area contributed by atoms with Gasteiger partial charge in [0.1, 0.15) is 0 Å². The Labute approximate surface area is 83.6 Å². The number of carbonyl (C=O) groups is 2. The molecule has 5 nitrogen and oxygen atoms in total. The highest BCUT2D eigenvalue weighted by Crippen LogP contribution is 2.19. The predicted molar refractivity (Wildman–Crippen MR) is 44.1 cm³/mol. The quantitative estimate of drug-likeness (QED) is 0.729. The number of rotatable bonds is 5. The lowest BCUT2D eigenvalue weighted by molar-refractivity contribution is -0.138. The molecule has 0 aromatic carbocycles. The third-order valence-electron chi connectivity index (χ3n) is 1.57. The molecule has 0 aromatic heterocycles. The van der Waals surface area contributed by atoms with Gasteiger partial charge in [-0.2, -0.15) is 13.2 Å². The van der Waals surface area contributed by atoms with Crippen molar-refractivity contribution in [3.63, 3.8) is 0 Å². The fraction of sp³-hybridized carbons (Fsp3) is 0.714. The van der Waals surface area contributed by atoms with Crippen LogP contribution in [0.25, 0.3) is 0 Å². The highest BCUT2D eigenvalue weighted by molar-refractivity contribution is 5.73. The van der Waals surface area contributed by atoms with Crippen LogP contribution in [0.2, 0.25) is 0 Å². The molecule has 0 rings (SSSR count). The van der Waals surface area contributed by atoms with Gasteiger partial charge in [-0.05, 0) is 0 Å². The van der Waals surface area contributed by atoms with E-state index in [9.17, 15) is 22.8 Å². The van der Waals surface area contributed by atoms with E-state index < -0.39 is 37.6 Å². The standard InChI is InChI=1S/C7H11F3N2O3/c8-7(9,10)2-4-12(6(11)15)3-1-5(13)14/h1-4H2,(H2,11,15)(H,13,14). The third kappa shape index (κ3) is 7.59. The molecule has 8 heteroatoms. The number of aliphatic carboxylic acids is 1. The molecular weight excluding hydrogens is 217 g/mol. The van der Waals surface area contributed by atoms with Gasteiger partial charge < -0.3 is 15.7 Å². The second-order valence-electron chi connectivity index (χ2n) is 2.83. The molecule has 3 N–H and O–H groups in total. The molecule has 0 atom stereocenters. The Balaban J connectivity index is 4.06. The number of carbonyl (C=O) groups excluding carboxylic acids is 1. The summed E-state index contributed by atoms with van der Waals surface area (Å²) in [7, 11) is 0. The number of nitrogens with zero attached hydrogens (tertiary/aromatic N) is 1. The summed E-state index contributed by atoms with van der Waals surface area (Å²) in [6.45, 7) is -0.938. The minimum absolute atomic E-state index is 0.319. The molecule has 15 heavy (non-hydrogen) atoms. The Morgan fingerprint density at radius 1 is 1.27 bits per heavy atom. The number of urea groups is 1. The first kappa shape index (κ1) is 13.5. The van der Waals surface area contributed by atoms with Gasteiger partial charge in [0.05, 0.1) is 12.8 Å². The lowest BCUT2D eigenvalue weighted by Gasteiger charge is -2.19. The molecule has 0 bridgehead atoms. The number of primary amides is 1. The van der Waals surface area contributed by atoms with Crippen LogP contribution < -0.4 is 5.73 Å². The van der Waals surface area contributed by atoms with E-state index >= 15 is 0 Å². The van der Waals surface area contributed by atoms with Crippen LogP contribution in [0.4, 0.5) is 18.0 Å². The molecule has 0 heterocycles. The van der Waals surface area contributed by atoms with Crippen molar-refractivity contribution in [3.05, 3.63) is 0 Å². The van der Waals surface area contributed by atoms with E-state index in [0.717, 1.165) is 0 Å². The van der Waals surface area contributed by atoms with E-state index in [-0.39, 0.29) is 6.54 Å². The molecule has 0 unspecified atom stereocenters. The highest BCUT2D eigenvalue weighted by atomic mass is 19.4. The SMILES string of the molecule is NC(=O)N(CCC(=O)O)CCC(F)(F)F. The van der Waals surface area contributed by atoms with Crippen molar-refractivity contribution in [2.45, 2.75) is 19.0 Å². The number of alkyl halides is 3. The fourth-order valence-electron chi connectivity index (χ4n) is 0.825. The van der Waals surface area contributed by atoms with Gasteiger partial charge in [-0.1, -0.05) is 0 Å².